The minimum atomic E-state index is 0.462. The lowest BCUT2D eigenvalue weighted by molar-refractivity contribution is 0.342. The maximum atomic E-state index is 8.53. The summed E-state index contributed by atoms with van der Waals surface area (Å²) in [6.07, 6.45) is 8.32. The Kier molecular flexibility index (Phi) is 4.50. The Morgan fingerprint density at radius 1 is 1.10 bits per heavy atom. The normalized spacial score (nSPS) is 24.7. The highest BCUT2D eigenvalue weighted by molar-refractivity contribution is 7.16. The van der Waals surface area contributed by atoms with E-state index in [0.717, 1.165) is 24.8 Å². The quantitative estimate of drug-likeness (QED) is 0.511. The summed E-state index contributed by atoms with van der Waals surface area (Å²) < 4.78 is 0. The minimum absolute atomic E-state index is 0.462. The van der Waals surface area contributed by atoms with Crippen LogP contribution in [0.2, 0.25) is 0 Å². The molecule has 0 aliphatic heterocycles. The summed E-state index contributed by atoms with van der Waals surface area (Å²) in [5.74, 6) is 0.631. The molecule has 0 amide bonds. The Bertz CT molecular complexity index is 515. The Morgan fingerprint density at radius 3 is 2.48 bits per heavy atom. The van der Waals surface area contributed by atoms with E-state index in [1.54, 1.807) is 0 Å². The number of anilines is 1. The van der Waals surface area contributed by atoms with Crippen molar-refractivity contribution in [2.24, 2.45) is 0 Å². The fraction of sp³-hybridized carbons (Fsp3) is 0.688. The van der Waals surface area contributed by atoms with Crippen LogP contribution in [0.5, 0.6) is 0 Å². The fourth-order valence-electron chi connectivity index (χ4n) is 3.65. The molecule has 4 N–H and O–H groups in total. The van der Waals surface area contributed by atoms with Crippen molar-refractivity contribution in [1.82, 2.24) is 10.6 Å². The van der Waals surface area contributed by atoms with Gasteiger partial charge in [0.05, 0.1) is 10.6 Å². The molecule has 1 aromatic heterocycles. The van der Waals surface area contributed by atoms with Crippen molar-refractivity contribution in [3.63, 3.8) is 0 Å². The van der Waals surface area contributed by atoms with E-state index in [2.05, 4.69) is 16.0 Å². The van der Waals surface area contributed by atoms with Gasteiger partial charge in [-0.15, -0.1) is 11.3 Å². The van der Waals surface area contributed by atoms with Gasteiger partial charge >= 0.3 is 0 Å². The molecule has 0 saturated heterocycles. The second kappa shape index (κ2) is 6.36. The summed E-state index contributed by atoms with van der Waals surface area (Å²) in [6.45, 7) is 0. The van der Waals surface area contributed by atoms with Gasteiger partial charge in [0.1, 0.15) is 5.84 Å². The van der Waals surface area contributed by atoms with E-state index < -0.39 is 0 Å². The summed E-state index contributed by atoms with van der Waals surface area (Å²) in [5.41, 5.74) is 2.57. The minimum Gasteiger partial charge on any atom is -0.379 e. The number of aryl methyl sites for hydroxylation is 1. The number of amidine groups is 1. The van der Waals surface area contributed by atoms with Gasteiger partial charge in [-0.3, -0.25) is 5.41 Å². The Balaban J connectivity index is 1.69. The third-order valence-electron chi connectivity index (χ3n) is 4.88. The van der Waals surface area contributed by atoms with E-state index in [0.29, 0.717) is 17.9 Å². The van der Waals surface area contributed by atoms with Crippen molar-refractivity contribution in [3.05, 3.63) is 16.0 Å². The van der Waals surface area contributed by atoms with Gasteiger partial charge in [-0.1, -0.05) is 0 Å². The second-order valence-electron chi connectivity index (χ2n) is 6.17. The van der Waals surface area contributed by atoms with Crippen LogP contribution >= 0.6 is 11.3 Å². The van der Waals surface area contributed by atoms with Gasteiger partial charge in [0.15, 0.2) is 0 Å². The highest BCUT2D eigenvalue weighted by atomic mass is 32.1. The Morgan fingerprint density at radius 2 is 1.81 bits per heavy atom. The third kappa shape index (κ3) is 2.94. The SMILES string of the molecule is CNc1sc2c(c1C(=N)N[C@H]1CC[C@H](NC)CC1)CCC2. The van der Waals surface area contributed by atoms with Gasteiger partial charge in [-0.25, -0.2) is 0 Å². The van der Waals surface area contributed by atoms with E-state index in [1.807, 2.05) is 25.4 Å². The van der Waals surface area contributed by atoms with Crippen LogP contribution in [0.3, 0.4) is 0 Å². The summed E-state index contributed by atoms with van der Waals surface area (Å²) in [6, 6.07) is 1.12. The average molecular weight is 306 g/mol. The van der Waals surface area contributed by atoms with Crippen LogP contribution in [0.15, 0.2) is 0 Å². The van der Waals surface area contributed by atoms with Crippen molar-refractivity contribution in [2.75, 3.05) is 19.4 Å². The highest BCUT2D eigenvalue weighted by Gasteiger charge is 2.26. The molecule has 0 spiro atoms. The van der Waals surface area contributed by atoms with Gasteiger partial charge in [0.2, 0.25) is 0 Å². The predicted molar refractivity (Wildman–Crippen MR) is 91.0 cm³/mol. The van der Waals surface area contributed by atoms with Gasteiger partial charge < -0.3 is 16.0 Å². The van der Waals surface area contributed by atoms with Crippen LogP contribution < -0.4 is 16.0 Å². The topological polar surface area (TPSA) is 59.9 Å². The summed E-state index contributed by atoms with van der Waals surface area (Å²) in [5, 5.41) is 19.8. The monoisotopic (exact) mass is 306 g/mol. The van der Waals surface area contributed by atoms with Crippen LogP contribution in [0, 0.1) is 5.41 Å². The molecule has 3 rings (SSSR count). The first kappa shape index (κ1) is 14.9. The average Bonchev–Trinajstić information content (AvgIpc) is 3.07. The molecular weight excluding hydrogens is 280 g/mol. The molecule has 5 heteroatoms. The molecule has 116 valence electrons. The zero-order valence-corrected chi connectivity index (χ0v) is 13.8. The molecule has 0 atom stereocenters. The van der Waals surface area contributed by atoms with Crippen molar-refractivity contribution >= 4 is 22.2 Å². The molecule has 1 fully saturated rings. The van der Waals surface area contributed by atoms with Crippen LogP contribution in [0.4, 0.5) is 5.00 Å². The molecule has 1 aromatic rings. The lowest BCUT2D eigenvalue weighted by atomic mass is 9.91. The first-order valence-corrected chi connectivity index (χ1v) is 8.89. The molecule has 0 unspecified atom stereocenters. The van der Waals surface area contributed by atoms with Crippen molar-refractivity contribution < 1.29 is 0 Å². The lowest BCUT2D eigenvalue weighted by Crippen LogP contribution is -2.41. The maximum absolute atomic E-state index is 8.53. The summed E-state index contributed by atoms with van der Waals surface area (Å²) in [4.78, 5) is 1.49. The summed E-state index contributed by atoms with van der Waals surface area (Å²) in [7, 11) is 4.02. The first-order valence-electron chi connectivity index (χ1n) is 8.08. The van der Waals surface area contributed by atoms with Crippen LogP contribution in [0.25, 0.3) is 0 Å². The predicted octanol–water partition coefficient (Wildman–Crippen LogP) is 2.72. The molecule has 4 nitrogen and oxygen atoms in total. The maximum Gasteiger partial charge on any atom is 0.128 e. The Labute approximate surface area is 131 Å². The number of thiophene rings is 1. The van der Waals surface area contributed by atoms with Crippen molar-refractivity contribution in [2.45, 2.75) is 57.0 Å². The summed E-state index contributed by atoms with van der Waals surface area (Å²) >= 11 is 1.84. The van der Waals surface area contributed by atoms with Crippen LogP contribution in [0.1, 0.15) is 48.1 Å². The largest absolute Gasteiger partial charge is 0.379 e. The first-order chi connectivity index (χ1) is 10.2. The Hall–Kier alpha value is -1.07. The number of rotatable bonds is 4. The van der Waals surface area contributed by atoms with Crippen LogP contribution in [-0.2, 0) is 12.8 Å². The fourth-order valence-corrected chi connectivity index (χ4v) is 4.90. The van der Waals surface area contributed by atoms with Crippen molar-refractivity contribution in [1.29, 1.82) is 5.41 Å². The van der Waals surface area contributed by atoms with E-state index in [9.17, 15) is 0 Å². The lowest BCUT2D eigenvalue weighted by Gasteiger charge is -2.29. The number of nitrogens with one attached hydrogen (secondary N) is 4. The van der Waals surface area contributed by atoms with E-state index >= 15 is 0 Å². The molecule has 0 bridgehead atoms. The van der Waals surface area contributed by atoms with Crippen LogP contribution in [-0.4, -0.2) is 32.0 Å². The number of hydrogen-bond acceptors (Lipinski definition) is 4. The molecule has 2 aliphatic carbocycles. The van der Waals surface area contributed by atoms with Gasteiger partial charge in [-0.05, 0) is 57.6 Å². The molecule has 1 heterocycles. The second-order valence-corrected chi connectivity index (χ2v) is 7.27. The van der Waals surface area contributed by atoms with Crippen molar-refractivity contribution in [3.8, 4) is 0 Å². The molecule has 0 aromatic carbocycles. The standard InChI is InChI=1S/C16H26N4S/c1-18-10-6-8-11(9-7-10)20-15(17)14-12-4-3-5-13(12)21-16(14)19-2/h10-11,18-19H,3-9H2,1-2H3,(H2,17,20)/t10-,11-. The zero-order valence-electron chi connectivity index (χ0n) is 13.0. The molecule has 0 radical (unpaired) electrons. The highest BCUT2D eigenvalue weighted by Crippen LogP contribution is 2.38. The number of hydrogen-bond donors (Lipinski definition) is 4. The number of fused-ring (bicyclic) bond motifs is 1. The molecular formula is C16H26N4S. The molecule has 21 heavy (non-hydrogen) atoms. The van der Waals surface area contributed by atoms with E-state index in [4.69, 9.17) is 5.41 Å². The van der Waals surface area contributed by atoms with Gasteiger partial charge in [0.25, 0.3) is 0 Å². The third-order valence-corrected chi connectivity index (χ3v) is 6.19. The van der Waals surface area contributed by atoms with Gasteiger partial charge in [0, 0.05) is 24.0 Å². The van der Waals surface area contributed by atoms with Gasteiger partial charge in [-0.2, -0.15) is 0 Å². The molecule has 2 aliphatic rings. The van der Waals surface area contributed by atoms with E-state index in [1.165, 1.54) is 41.1 Å². The van der Waals surface area contributed by atoms with E-state index in [-0.39, 0.29) is 0 Å². The zero-order chi connectivity index (χ0) is 14.8. The molecule has 1 saturated carbocycles. The smallest absolute Gasteiger partial charge is 0.128 e.